The molecule has 1 aromatic heterocycles. The number of likely N-dealkylation sites (N-methyl/N-ethyl adjacent to an activating group) is 1. The first-order valence-electron chi connectivity index (χ1n) is 8.21. The molecule has 3 rings (SSSR count). The fraction of sp³-hybridized carbons (Fsp3) is 0.263. The molecule has 0 N–H and O–H groups in total. The van der Waals surface area contributed by atoms with Crippen molar-refractivity contribution >= 4 is 11.6 Å². The highest BCUT2D eigenvalue weighted by Crippen LogP contribution is 2.25. The Kier molecular flexibility index (Phi) is 5.85. The summed E-state index contributed by atoms with van der Waals surface area (Å²) in [6.45, 7) is 2.87. The summed E-state index contributed by atoms with van der Waals surface area (Å²) in [6, 6.07) is 13.5. The third-order valence-corrected chi connectivity index (χ3v) is 4.30. The Morgan fingerprint density at radius 2 is 2.00 bits per heavy atom. The normalized spacial score (nSPS) is 12.3. The molecule has 0 aliphatic heterocycles. The van der Waals surface area contributed by atoms with Crippen LogP contribution in [0.25, 0.3) is 11.5 Å². The van der Waals surface area contributed by atoms with Gasteiger partial charge in [-0.05, 0) is 44.3 Å². The van der Waals surface area contributed by atoms with Crippen LogP contribution in [0.15, 0.2) is 52.9 Å². The lowest BCUT2D eigenvalue weighted by Crippen LogP contribution is -2.27. The SMILES string of the molecule is C[C@H](c1nnc(-c2cccc(Cl)c2)o1)N(C)CCOc1ccccc1F. The quantitative estimate of drug-likeness (QED) is 0.604. The largest absolute Gasteiger partial charge is 0.489 e. The summed E-state index contributed by atoms with van der Waals surface area (Å²) in [5, 5.41) is 8.82. The van der Waals surface area contributed by atoms with Gasteiger partial charge in [-0.1, -0.05) is 29.8 Å². The van der Waals surface area contributed by atoms with Gasteiger partial charge in [0.15, 0.2) is 11.6 Å². The topological polar surface area (TPSA) is 51.4 Å². The molecule has 0 aliphatic carbocycles. The van der Waals surface area contributed by atoms with Gasteiger partial charge in [0.2, 0.25) is 11.8 Å². The van der Waals surface area contributed by atoms with E-state index in [9.17, 15) is 4.39 Å². The van der Waals surface area contributed by atoms with Crippen molar-refractivity contribution in [2.24, 2.45) is 0 Å². The lowest BCUT2D eigenvalue weighted by atomic mass is 10.2. The maximum absolute atomic E-state index is 13.5. The second-order valence-electron chi connectivity index (χ2n) is 5.89. The molecule has 0 radical (unpaired) electrons. The summed E-state index contributed by atoms with van der Waals surface area (Å²) < 4.78 is 24.8. The summed E-state index contributed by atoms with van der Waals surface area (Å²) in [5.41, 5.74) is 0.772. The molecule has 3 aromatic rings. The van der Waals surface area contributed by atoms with Gasteiger partial charge in [-0.3, -0.25) is 4.90 Å². The maximum atomic E-state index is 13.5. The van der Waals surface area contributed by atoms with Crippen molar-refractivity contribution in [3.05, 3.63) is 65.3 Å². The van der Waals surface area contributed by atoms with Gasteiger partial charge in [0.25, 0.3) is 0 Å². The van der Waals surface area contributed by atoms with Crippen LogP contribution in [0.4, 0.5) is 4.39 Å². The molecule has 0 aliphatic rings. The van der Waals surface area contributed by atoms with Crippen LogP contribution in [0.2, 0.25) is 5.02 Å². The number of ether oxygens (including phenoxy) is 1. The van der Waals surface area contributed by atoms with E-state index < -0.39 is 0 Å². The molecule has 0 saturated heterocycles. The van der Waals surface area contributed by atoms with E-state index in [1.54, 1.807) is 30.3 Å². The number of nitrogens with zero attached hydrogens (tertiary/aromatic N) is 3. The molecule has 1 atom stereocenters. The molecule has 0 fully saturated rings. The first-order valence-corrected chi connectivity index (χ1v) is 8.59. The van der Waals surface area contributed by atoms with Crippen LogP contribution in [-0.4, -0.2) is 35.3 Å². The number of hydrogen-bond acceptors (Lipinski definition) is 5. The van der Waals surface area contributed by atoms with E-state index in [0.717, 1.165) is 5.56 Å². The van der Waals surface area contributed by atoms with Crippen LogP contribution in [0.3, 0.4) is 0 Å². The van der Waals surface area contributed by atoms with Crippen molar-refractivity contribution in [3.63, 3.8) is 0 Å². The van der Waals surface area contributed by atoms with E-state index in [-0.39, 0.29) is 17.6 Å². The zero-order valence-electron chi connectivity index (χ0n) is 14.5. The zero-order valence-corrected chi connectivity index (χ0v) is 15.3. The highest BCUT2D eigenvalue weighted by atomic mass is 35.5. The van der Waals surface area contributed by atoms with E-state index in [0.29, 0.717) is 30.0 Å². The van der Waals surface area contributed by atoms with Crippen molar-refractivity contribution in [1.29, 1.82) is 0 Å². The Hall–Kier alpha value is -2.44. The predicted molar refractivity (Wildman–Crippen MR) is 97.7 cm³/mol. The van der Waals surface area contributed by atoms with Crippen LogP contribution in [-0.2, 0) is 0 Å². The molecular weight excluding hydrogens is 357 g/mol. The highest BCUT2D eigenvalue weighted by Gasteiger charge is 2.19. The molecule has 0 unspecified atom stereocenters. The van der Waals surface area contributed by atoms with Gasteiger partial charge in [0.05, 0.1) is 6.04 Å². The molecule has 0 spiro atoms. The minimum absolute atomic E-state index is 0.111. The summed E-state index contributed by atoms with van der Waals surface area (Å²) in [4.78, 5) is 2.00. The highest BCUT2D eigenvalue weighted by molar-refractivity contribution is 6.30. The smallest absolute Gasteiger partial charge is 0.247 e. The van der Waals surface area contributed by atoms with Gasteiger partial charge in [-0.25, -0.2) is 4.39 Å². The van der Waals surface area contributed by atoms with Crippen LogP contribution in [0.1, 0.15) is 18.9 Å². The Labute approximate surface area is 156 Å². The molecule has 7 heteroatoms. The number of para-hydroxylation sites is 1. The van der Waals surface area contributed by atoms with Gasteiger partial charge >= 0.3 is 0 Å². The number of aromatic nitrogens is 2. The van der Waals surface area contributed by atoms with Gasteiger partial charge < -0.3 is 9.15 Å². The van der Waals surface area contributed by atoms with Gasteiger partial charge in [-0.15, -0.1) is 10.2 Å². The van der Waals surface area contributed by atoms with Crippen molar-refractivity contribution in [2.45, 2.75) is 13.0 Å². The van der Waals surface area contributed by atoms with Gasteiger partial charge in [0, 0.05) is 17.1 Å². The third kappa shape index (κ3) is 4.39. The first kappa shape index (κ1) is 18.4. The lowest BCUT2D eigenvalue weighted by Gasteiger charge is -2.21. The molecule has 26 heavy (non-hydrogen) atoms. The Balaban J connectivity index is 1.58. The van der Waals surface area contributed by atoms with Crippen molar-refractivity contribution in [2.75, 3.05) is 20.2 Å². The monoisotopic (exact) mass is 375 g/mol. The Morgan fingerprint density at radius 1 is 1.19 bits per heavy atom. The third-order valence-electron chi connectivity index (χ3n) is 4.07. The van der Waals surface area contributed by atoms with Crippen molar-refractivity contribution in [3.8, 4) is 17.2 Å². The summed E-state index contributed by atoms with van der Waals surface area (Å²) in [5.74, 6) is 0.791. The first-order chi connectivity index (χ1) is 12.5. The van der Waals surface area contributed by atoms with Crippen LogP contribution < -0.4 is 4.74 Å². The van der Waals surface area contributed by atoms with E-state index >= 15 is 0 Å². The second-order valence-corrected chi connectivity index (χ2v) is 6.33. The van der Waals surface area contributed by atoms with Gasteiger partial charge in [-0.2, -0.15) is 0 Å². The van der Waals surface area contributed by atoms with Crippen molar-refractivity contribution in [1.82, 2.24) is 15.1 Å². The maximum Gasteiger partial charge on any atom is 0.247 e. The summed E-state index contributed by atoms with van der Waals surface area (Å²) >= 11 is 5.99. The Bertz CT molecular complexity index is 871. The average molecular weight is 376 g/mol. The molecule has 5 nitrogen and oxygen atoms in total. The minimum atomic E-state index is -0.369. The number of rotatable bonds is 7. The van der Waals surface area contributed by atoms with Crippen molar-refractivity contribution < 1.29 is 13.5 Å². The average Bonchev–Trinajstić information content (AvgIpc) is 3.13. The van der Waals surface area contributed by atoms with E-state index in [1.807, 2.05) is 31.0 Å². The van der Waals surface area contributed by atoms with E-state index in [4.69, 9.17) is 20.8 Å². The number of halogens is 2. The van der Waals surface area contributed by atoms with Crippen LogP contribution >= 0.6 is 11.6 Å². The predicted octanol–water partition coefficient (Wildman–Crippen LogP) is 4.60. The number of benzene rings is 2. The number of hydrogen-bond donors (Lipinski definition) is 0. The molecule has 0 amide bonds. The standard InChI is InChI=1S/C19H19ClFN3O2/c1-13(24(2)10-11-25-17-9-4-3-8-16(17)21)18-22-23-19(26-18)14-6-5-7-15(20)12-14/h3-9,12-13H,10-11H2,1-2H3/t13-/m1/s1. The van der Waals surface area contributed by atoms with E-state index in [2.05, 4.69) is 10.2 Å². The molecular formula is C19H19ClFN3O2. The fourth-order valence-corrected chi connectivity index (χ4v) is 2.58. The molecule has 1 heterocycles. The van der Waals surface area contributed by atoms with Gasteiger partial charge in [0.1, 0.15) is 6.61 Å². The summed E-state index contributed by atoms with van der Waals surface area (Å²) in [7, 11) is 1.92. The van der Waals surface area contributed by atoms with Crippen LogP contribution in [0.5, 0.6) is 5.75 Å². The second kappa shape index (κ2) is 8.29. The van der Waals surface area contributed by atoms with Crippen LogP contribution in [0, 0.1) is 5.82 Å². The zero-order chi connectivity index (χ0) is 18.5. The molecule has 2 aromatic carbocycles. The summed E-state index contributed by atoms with van der Waals surface area (Å²) in [6.07, 6.45) is 0. The Morgan fingerprint density at radius 3 is 2.77 bits per heavy atom. The minimum Gasteiger partial charge on any atom is -0.489 e. The molecule has 136 valence electrons. The lowest BCUT2D eigenvalue weighted by molar-refractivity contribution is 0.179. The molecule has 0 bridgehead atoms. The fourth-order valence-electron chi connectivity index (χ4n) is 2.39. The van der Waals surface area contributed by atoms with E-state index in [1.165, 1.54) is 6.07 Å². The molecule has 0 saturated carbocycles.